The van der Waals surface area contributed by atoms with E-state index in [1.54, 1.807) is 12.1 Å². The number of amides is 1. The van der Waals surface area contributed by atoms with Crippen LogP contribution in [0.2, 0.25) is 0 Å². The molecular formula is C13H17N3O. The maximum absolute atomic E-state index is 11.7. The Bertz CT molecular complexity index is 423. The lowest BCUT2D eigenvalue weighted by Gasteiger charge is -2.17. The van der Waals surface area contributed by atoms with Gasteiger partial charge in [0.25, 0.3) is 5.91 Å². The minimum atomic E-state index is -0.196. The number of pyridine rings is 1. The molecule has 0 saturated heterocycles. The van der Waals surface area contributed by atoms with E-state index in [2.05, 4.69) is 31.1 Å². The van der Waals surface area contributed by atoms with Crippen LogP contribution < -0.4 is 5.32 Å². The lowest BCUT2D eigenvalue weighted by molar-refractivity contribution is 0.0944. The Morgan fingerprint density at radius 3 is 2.65 bits per heavy atom. The van der Waals surface area contributed by atoms with Crippen molar-refractivity contribution in [1.29, 1.82) is 5.26 Å². The molecule has 0 bridgehead atoms. The van der Waals surface area contributed by atoms with Gasteiger partial charge in [-0.05, 0) is 24.0 Å². The number of aromatic nitrogens is 1. The maximum Gasteiger partial charge on any atom is 0.269 e. The van der Waals surface area contributed by atoms with Crippen LogP contribution in [0.3, 0.4) is 0 Å². The summed E-state index contributed by atoms with van der Waals surface area (Å²) in [6, 6.07) is 5.11. The van der Waals surface area contributed by atoms with E-state index in [0.29, 0.717) is 17.8 Å². The van der Waals surface area contributed by atoms with Crippen molar-refractivity contribution in [2.45, 2.75) is 27.2 Å². The summed E-state index contributed by atoms with van der Waals surface area (Å²) in [5, 5.41) is 11.4. The third-order valence-corrected chi connectivity index (χ3v) is 2.29. The van der Waals surface area contributed by atoms with Gasteiger partial charge in [0.15, 0.2) is 0 Å². The first-order valence-corrected chi connectivity index (χ1v) is 5.57. The molecule has 0 fully saturated rings. The van der Waals surface area contributed by atoms with Crippen molar-refractivity contribution in [3.8, 4) is 6.07 Å². The van der Waals surface area contributed by atoms with Crippen LogP contribution in [-0.4, -0.2) is 17.4 Å². The van der Waals surface area contributed by atoms with Crippen molar-refractivity contribution in [3.05, 3.63) is 29.6 Å². The van der Waals surface area contributed by atoms with Crippen LogP contribution in [0.1, 0.15) is 43.2 Å². The Labute approximate surface area is 102 Å². The first-order valence-electron chi connectivity index (χ1n) is 5.57. The van der Waals surface area contributed by atoms with Gasteiger partial charge in [0.05, 0.1) is 5.56 Å². The summed E-state index contributed by atoms with van der Waals surface area (Å²) in [6.07, 6.45) is 2.31. The molecule has 1 rings (SSSR count). The van der Waals surface area contributed by atoms with Gasteiger partial charge in [-0.2, -0.15) is 5.26 Å². The Morgan fingerprint density at radius 1 is 1.47 bits per heavy atom. The van der Waals surface area contributed by atoms with Crippen LogP contribution in [0.25, 0.3) is 0 Å². The van der Waals surface area contributed by atoms with Gasteiger partial charge in [-0.15, -0.1) is 0 Å². The molecule has 17 heavy (non-hydrogen) atoms. The zero-order valence-electron chi connectivity index (χ0n) is 10.4. The fourth-order valence-electron chi connectivity index (χ4n) is 1.24. The van der Waals surface area contributed by atoms with Crippen LogP contribution in [0.15, 0.2) is 18.3 Å². The molecule has 0 unspecified atom stereocenters. The number of nitriles is 1. The largest absolute Gasteiger partial charge is 0.351 e. The molecule has 0 aliphatic carbocycles. The highest BCUT2D eigenvalue weighted by Gasteiger charge is 2.11. The summed E-state index contributed by atoms with van der Waals surface area (Å²) < 4.78 is 0. The molecule has 0 saturated carbocycles. The number of nitrogens with one attached hydrogen (secondary N) is 1. The van der Waals surface area contributed by atoms with Crippen molar-refractivity contribution in [1.82, 2.24) is 10.3 Å². The molecule has 1 aromatic rings. The molecule has 90 valence electrons. The highest BCUT2D eigenvalue weighted by atomic mass is 16.1. The van der Waals surface area contributed by atoms with Gasteiger partial charge >= 0.3 is 0 Å². The lowest BCUT2D eigenvalue weighted by atomic mass is 9.92. The molecule has 0 aliphatic rings. The van der Waals surface area contributed by atoms with E-state index in [4.69, 9.17) is 5.26 Å². The monoisotopic (exact) mass is 231 g/mol. The number of carbonyl (C=O) groups is 1. The Kier molecular flexibility index (Phi) is 4.22. The van der Waals surface area contributed by atoms with Crippen molar-refractivity contribution < 1.29 is 4.79 Å². The third kappa shape index (κ3) is 4.64. The fraction of sp³-hybridized carbons (Fsp3) is 0.462. The number of nitrogens with zero attached hydrogens (tertiary/aromatic N) is 2. The van der Waals surface area contributed by atoms with Gasteiger partial charge in [-0.1, -0.05) is 20.8 Å². The molecule has 0 radical (unpaired) electrons. The molecule has 4 nitrogen and oxygen atoms in total. The average Bonchev–Trinajstić information content (AvgIpc) is 2.27. The summed E-state index contributed by atoms with van der Waals surface area (Å²) in [7, 11) is 0. The zero-order chi connectivity index (χ0) is 12.9. The molecule has 1 heterocycles. The van der Waals surface area contributed by atoms with Crippen LogP contribution in [0.5, 0.6) is 0 Å². The molecule has 1 aromatic heterocycles. The zero-order valence-corrected chi connectivity index (χ0v) is 10.4. The third-order valence-electron chi connectivity index (χ3n) is 2.29. The lowest BCUT2D eigenvalue weighted by Crippen LogP contribution is -2.27. The van der Waals surface area contributed by atoms with Gasteiger partial charge in [0.1, 0.15) is 11.8 Å². The number of rotatable bonds is 3. The number of carbonyl (C=O) groups excluding carboxylic acids is 1. The molecule has 0 spiro atoms. The minimum absolute atomic E-state index is 0.196. The summed E-state index contributed by atoms with van der Waals surface area (Å²) in [5.74, 6) is -0.196. The summed E-state index contributed by atoms with van der Waals surface area (Å²) in [6.45, 7) is 7.00. The van der Waals surface area contributed by atoms with Crippen LogP contribution in [0.4, 0.5) is 0 Å². The highest BCUT2D eigenvalue weighted by molar-refractivity contribution is 5.92. The summed E-state index contributed by atoms with van der Waals surface area (Å²) in [4.78, 5) is 15.6. The standard InChI is InChI=1S/C13H17N3O/c1-13(2,3)6-7-15-12(17)11-5-4-10(8-14)9-16-11/h4-5,9H,6-7H2,1-3H3,(H,15,17). The topological polar surface area (TPSA) is 65.8 Å². The van der Waals surface area contributed by atoms with Crippen LogP contribution >= 0.6 is 0 Å². The van der Waals surface area contributed by atoms with E-state index in [9.17, 15) is 4.79 Å². The average molecular weight is 231 g/mol. The predicted octanol–water partition coefficient (Wildman–Crippen LogP) is 2.12. The Balaban J connectivity index is 2.50. The molecule has 1 amide bonds. The fourth-order valence-corrected chi connectivity index (χ4v) is 1.24. The van der Waals surface area contributed by atoms with E-state index >= 15 is 0 Å². The molecule has 0 atom stereocenters. The SMILES string of the molecule is CC(C)(C)CCNC(=O)c1ccc(C#N)cn1. The highest BCUT2D eigenvalue weighted by Crippen LogP contribution is 2.16. The molecule has 0 aliphatic heterocycles. The van der Waals surface area contributed by atoms with Gasteiger partial charge < -0.3 is 5.32 Å². The van der Waals surface area contributed by atoms with Crippen molar-refractivity contribution in [2.75, 3.05) is 6.54 Å². The first-order chi connectivity index (χ1) is 7.92. The van der Waals surface area contributed by atoms with E-state index in [0.717, 1.165) is 6.42 Å². The van der Waals surface area contributed by atoms with Crippen molar-refractivity contribution in [3.63, 3.8) is 0 Å². The molecule has 1 N–H and O–H groups in total. The Hall–Kier alpha value is -1.89. The van der Waals surface area contributed by atoms with E-state index in [1.165, 1.54) is 6.20 Å². The molecule has 0 aromatic carbocycles. The number of hydrogen-bond donors (Lipinski definition) is 1. The summed E-state index contributed by atoms with van der Waals surface area (Å²) in [5.41, 5.74) is 1.000. The Morgan fingerprint density at radius 2 is 2.18 bits per heavy atom. The molecule has 4 heteroatoms. The molecular weight excluding hydrogens is 214 g/mol. The van der Waals surface area contributed by atoms with E-state index in [1.807, 2.05) is 6.07 Å². The van der Waals surface area contributed by atoms with Gasteiger partial charge in [0, 0.05) is 12.7 Å². The normalized spacial score (nSPS) is 10.7. The van der Waals surface area contributed by atoms with E-state index < -0.39 is 0 Å². The van der Waals surface area contributed by atoms with Gasteiger partial charge in [-0.25, -0.2) is 4.98 Å². The summed E-state index contributed by atoms with van der Waals surface area (Å²) >= 11 is 0. The second-order valence-corrected chi connectivity index (χ2v) is 5.11. The van der Waals surface area contributed by atoms with Crippen molar-refractivity contribution in [2.24, 2.45) is 5.41 Å². The predicted molar refractivity (Wildman–Crippen MR) is 65.4 cm³/mol. The second kappa shape index (κ2) is 5.44. The maximum atomic E-state index is 11.7. The van der Waals surface area contributed by atoms with Crippen LogP contribution in [0, 0.1) is 16.7 Å². The van der Waals surface area contributed by atoms with Crippen molar-refractivity contribution >= 4 is 5.91 Å². The quantitative estimate of drug-likeness (QED) is 0.866. The first kappa shape index (κ1) is 13.2. The van der Waals surface area contributed by atoms with Crippen LogP contribution in [-0.2, 0) is 0 Å². The minimum Gasteiger partial charge on any atom is -0.351 e. The van der Waals surface area contributed by atoms with Gasteiger partial charge in [0.2, 0.25) is 0 Å². The van der Waals surface area contributed by atoms with Gasteiger partial charge in [-0.3, -0.25) is 4.79 Å². The smallest absolute Gasteiger partial charge is 0.269 e. The number of hydrogen-bond acceptors (Lipinski definition) is 3. The second-order valence-electron chi connectivity index (χ2n) is 5.11. The van der Waals surface area contributed by atoms with E-state index in [-0.39, 0.29) is 11.3 Å².